The second-order valence-electron chi connectivity index (χ2n) is 19.0. The zero-order chi connectivity index (χ0) is 43.1. The molecule has 3 amide bonds. The molecule has 0 aromatic heterocycles. The summed E-state index contributed by atoms with van der Waals surface area (Å²) in [6, 6.07) is 0. The minimum Gasteiger partial charge on any atom is -0.461 e. The van der Waals surface area contributed by atoms with E-state index in [1.54, 1.807) is 44.5 Å². The number of nitrogens with zero attached hydrogens (tertiary/aromatic N) is 1. The van der Waals surface area contributed by atoms with Crippen LogP contribution < -0.4 is 10.6 Å². The molecule has 11 nitrogen and oxygen atoms in total. The van der Waals surface area contributed by atoms with Gasteiger partial charge in [0.15, 0.2) is 0 Å². The number of likely N-dealkylation sites (tertiary alicyclic amines) is 1. The molecule has 3 saturated carbocycles. The summed E-state index contributed by atoms with van der Waals surface area (Å²) < 4.78 is 55.4. The van der Waals surface area contributed by atoms with Gasteiger partial charge in [0.05, 0.1) is 11.9 Å². The van der Waals surface area contributed by atoms with Gasteiger partial charge in [0.1, 0.15) is 24.0 Å². The molecule has 1 aliphatic heterocycles. The highest BCUT2D eigenvalue weighted by atomic mass is 32.2. The Kier molecular flexibility index (Phi) is 16.5. The summed E-state index contributed by atoms with van der Waals surface area (Å²) >= 11 is 1.55. The van der Waals surface area contributed by atoms with E-state index in [0.717, 1.165) is 51.4 Å². The maximum absolute atomic E-state index is 14.8. The molecule has 0 aromatic carbocycles. The molecule has 4 fully saturated rings. The van der Waals surface area contributed by atoms with Gasteiger partial charge in [0.25, 0.3) is 0 Å². The van der Waals surface area contributed by atoms with Crippen molar-refractivity contribution in [2.75, 3.05) is 39.0 Å². The number of carbonyl (C=O) groups excluding carboxylic acids is 5. The van der Waals surface area contributed by atoms with Gasteiger partial charge in [-0.05, 0) is 89.9 Å². The molecule has 4 rings (SSSR count). The average molecular weight is 846 g/mol. The molecule has 0 unspecified atom stereocenters. The summed E-state index contributed by atoms with van der Waals surface area (Å²) in [4.78, 5) is 66.3. The standard InChI is InChI=1S/C43H70F3N3O8S/c1-28-15-20-42-21-16-31(55-8)35(42)41(28,7)32(25-40(6,36(52)29(42)2)19-13-11-9-10-12-14-22-47-37(53)43(44,45)46)56-34(51)27-58-30-17-23-49(24-18-30)33(50)26-48-38(54)57-39(3,4)5/h28-32,35H,9-27H2,1-8H3,(H,47,53)(H,48,54)/t28-,29+,31-,32-,35+,40+,41+,42+/m1/s1. The van der Waals surface area contributed by atoms with Crippen LogP contribution in [0.5, 0.6) is 0 Å². The van der Waals surface area contributed by atoms with Crippen molar-refractivity contribution < 1.29 is 51.4 Å². The van der Waals surface area contributed by atoms with E-state index in [2.05, 4.69) is 33.0 Å². The number of Topliss-reactive ketones (excluding diaryl/α,β-unsaturated/α-hetero) is 1. The first-order valence-electron chi connectivity index (χ1n) is 21.5. The number of hydrogen-bond acceptors (Lipinski definition) is 9. The van der Waals surface area contributed by atoms with Gasteiger partial charge < -0.3 is 29.7 Å². The Morgan fingerprint density at radius 1 is 0.897 bits per heavy atom. The SMILES string of the molecule is CO[C@@H]1CC[C@]23CC[C@@H](C)[C@](C)([C@H]12)[C@H](OC(=O)CSC1CCN(C(=O)CNC(=O)OC(C)(C)C)CC1)C[C@](C)(CCCCCCCCNC(=O)C(F)(F)F)C(=O)[C@@H]3C. The van der Waals surface area contributed by atoms with Crippen LogP contribution in [0, 0.1) is 34.0 Å². The topological polar surface area (TPSA) is 140 Å². The average Bonchev–Trinajstić information content (AvgIpc) is 3.55. The molecule has 2 bridgehead atoms. The summed E-state index contributed by atoms with van der Waals surface area (Å²) in [6.07, 6.45) is 4.70. The van der Waals surface area contributed by atoms with Gasteiger partial charge in [0.2, 0.25) is 5.91 Å². The second kappa shape index (κ2) is 19.9. The third-order valence-corrected chi connectivity index (χ3v) is 15.5. The molecule has 0 aromatic rings. The highest BCUT2D eigenvalue weighted by Gasteiger charge is 2.68. The smallest absolute Gasteiger partial charge is 0.461 e. The first-order chi connectivity index (χ1) is 27.1. The molecule has 3 aliphatic carbocycles. The lowest BCUT2D eigenvalue weighted by atomic mass is 9.43. The molecular weight excluding hydrogens is 776 g/mol. The van der Waals surface area contributed by atoms with Crippen molar-refractivity contribution in [1.29, 1.82) is 0 Å². The maximum atomic E-state index is 14.8. The van der Waals surface area contributed by atoms with Crippen LogP contribution in [-0.4, -0.2) is 103 Å². The van der Waals surface area contributed by atoms with Crippen LogP contribution in [0.15, 0.2) is 0 Å². The van der Waals surface area contributed by atoms with E-state index >= 15 is 0 Å². The van der Waals surface area contributed by atoms with E-state index < -0.39 is 40.7 Å². The zero-order valence-electron chi connectivity index (χ0n) is 36.2. The van der Waals surface area contributed by atoms with E-state index in [-0.39, 0.29) is 71.0 Å². The lowest BCUT2D eigenvalue weighted by Crippen LogP contribution is -2.63. The molecule has 0 radical (unpaired) electrons. The lowest BCUT2D eigenvalue weighted by Gasteiger charge is -2.62. The number of halogens is 3. The molecule has 332 valence electrons. The van der Waals surface area contributed by atoms with E-state index in [4.69, 9.17) is 14.2 Å². The fourth-order valence-corrected chi connectivity index (χ4v) is 11.7. The Morgan fingerprint density at radius 3 is 2.14 bits per heavy atom. The minimum atomic E-state index is -4.87. The third-order valence-electron chi connectivity index (χ3n) is 14.1. The molecule has 58 heavy (non-hydrogen) atoms. The van der Waals surface area contributed by atoms with Gasteiger partial charge in [-0.3, -0.25) is 19.2 Å². The number of ketones is 1. The van der Waals surface area contributed by atoms with E-state index in [1.807, 2.05) is 5.32 Å². The van der Waals surface area contributed by atoms with E-state index in [1.165, 1.54) is 0 Å². The van der Waals surface area contributed by atoms with Gasteiger partial charge in [-0.2, -0.15) is 13.2 Å². The zero-order valence-corrected chi connectivity index (χ0v) is 37.0. The number of esters is 1. The van der Waals surface area contributed by atoms with Crippen LogP contribution in [0.1, 0.15) is 138 Å². The first kappa shape index (κ1) is 48.1. The molecule has 15 heteroatoms. The van der Waals surface area contributed by atoms with Gasteiger partial charge in [-0.25, -0.2) is 4.79 Å². The third kappa shape index (κ3) is 11.6. The van der Waals surface area contributed by atoms with Crippen molar-refractivity contribution in [3.8, 4) is 0 Å². The number of methoxy groups -OCH3 is 1. The number of ether oxygens (including phenoxy) is 3. The van der Waals surface area contributed by atoms with Crippen LogP contribution in [0.25, 0.3) is 0 Å². The molecule has 1 heterocycles. The Morgan fingerprint density at radius 2 is 1.52 bits per heavy atom. The van der Waals surface area contributed by atoms with E-state index in [9.17, 15) is 37.1 Å². The molecular formula is C43H70F3N3O8S. The van der Waals surface area contributed by atoms with Crippen LogP contribution in [0.2, 0.25) is 0 Å². The number of nitrogens with one attached hydrogen (secondary N) is 2. The Balaban J connectivity index is 1.38. The molecule has 0 spiro atoms. The van der Waals surface area contributed by atoms with Crippen molar-refractivity contribution in [3.05, 3.63) is 0 Å². The lowest BCUT2D eigenvalue weighted by molar-refractivity contribution is -0.205. The second-order valence-corrected chi connectivity index (χ2v) is 20.3. The molecule has 1 saturated heterocycles. The fraction of sp³-hybridized carbons (Fsp3) is 0.884. The number of amides is 3. The number of rotatable bonds is 16. The highest BCUT2D eigenvalue weighted by Crippen LogP contribution is 2.69. The number of unbranched alkanes of at least 4 members (excludes halogenated alkanes) is 5. The number of thioether (sulfide) groups is 1. The summed E-state index contributed by atoms with van der Waals surface area (Å²) in [5, 5.41) is 4.63. The number of hydrogen-bond donors (Lipinski definition) is 2. The van der Waals surface area contributed by atoms with Crippen molar-refractivity contribution in [2.24, 2.45) is 34.0 Å². The van der Waals surface area contributed by atoms with Gasteiger partial charge in [-0.15, -0.1) is 11.8 Å². The van der Waals surface area contributed by atoms with Crippen LogP contribution in [-0.2, 0) is 33.4 Å². The highest BCUT2D eigenvalue weighted by molar-refractivity contribution is 8.00. The van der Waals surface area contributed by atoms with Crippen LogP contribution >= 0.6 is 11.8 Å². The summed E-state index contributed by atoms with van der Waals surface area (Å²) in [5.41, 5.74) is -2.02. The monoisotopic (exact) mass is 845 g/mol. The van der Waals surface area contributed by atoms with Gasteiger partial charge in [-0.1, -0.05) is 59.8 Å². The number of piperidine rings is 1. The predicted octanol–water partition coefficient (Wildman–Crippen LogP) is 8.02. The Bertz CT molecular complexity index is 1450. The predicted molar refractivity (Wildman–Crippen MR) is 217 cm³/mol. The van der Waals surface area contributed by atoms with Crippen LogP contribution in [0.3, 0.4) is 0 Å². The van der Waals surface area contributed by atoms with Gasteiger partial charge in [0, 0.05) is 54.7 Å². The summed E-state index contributed by atoms with van der Waals surface area (Å²) in [5.74, 6) is -1.82. The Labute approximate surface area is 348 Å². The normalized spacial score (nSPS) is 31.8. The van der Waals surface area contributed by atoms with Gasteiger partial charge >= 0.3 is 24.1 Å². The first-order valence-corrected chi connectivity index (χ1v) is 22.6. The summed E-state index contributed by atoms with van der Waals surface area (Å²) in [6.45, 7) is 14.9. The number of carbonyl (C=O) groups is 5. The molecule has 2 N–H and O–H groups in total. The van der Waals surface area contributed by atoms with Crippen molar-refractivity contribution in [2.45, 2.75) is 168 Å². The van der Waals surface area contributed by atoms with E-state index in [0.29, 0.717) is 51.6 Å². The van der Waals surface area contributed by atoms with Crippen molar-refractivity contribution >= 4 is 41.4 Å². The molecule has 4 aliphatic rings. The van der Waals surface area contributed by atoms with Crippen molar-refractivity contribution in [3.63, 3.8) is 0 Å². The maximum Gasteiger partial charge on any atom is 0.471 e. The fourth-order valence-electron chi connectivity index (χ4n) is 10.8. The number of alkyl halides is 3. The number of alkyl carbamates (subject to hydrolysis) is 1. The minimum absolute atomic E-state index is 0.0117. The van der Waals surface area contributed by atoms with Crippen molar-refractivity contribution in [1.82, 2.24) is 15.5 Å². The summed E-state index contributed by atoms with van der Waals surface area (Å²) in [7, 11) is 1.76. The quantitative estimate of drug-likeness (QED) is 0.117. The Hall–Kier alpha value is -2.55. The van der Waals surface area contributed by atoms with Crippen LogP contribution in [0.4, 0.5) is 18.0 Å². The molecule has 8 atom stereocenters. The largest absolute Gasteiger partial charge is 0.471 e.